The predicted octanol–water partition coefficient (Wildman–Crippen LogP) is -6.70. The first-order valence-corrected chi connectivity index (χ1v) is 18.7. The van der Waals surface area contributed by atoms with Crippen LogP contribution in [0.2, 0.25) is 0 Å². The summed E-state index contributed by atoms with van der Waals surface area (Å²) in [6.07, 6.45) is -3.10. The van der Waals surface area contributed by atoms with Gasteiger partial charge in [-0.15, -0.1) is 0 Å². The second kappa shape index (κ2) is 26.3. The summed E-state index contributed by atoms with van der Waals surface area (Å²) < 4.78 is 0. The van der Waals surface area contributed by atoms with E-state index in [4.69, 9.17) is 5.73 Å². The zero-order valence-corrected chi connectivity index (χ0v) is 33.2. The van der Waals surface area contributed by atoms with E-state index in [2.05, 4.69) is 31.9 Å². The van der Waals surface area contributed by atoms with Crippen LogP contribution in [0.3, 0.4) is 0 Å². The first kappa shape index (κ1) is 52.2. The molecule has 0 bridgehead atoms. The van der Waals surface area contributed by atoms with Gasteiger partial charge in [0.2, 0.25) is 41.4 Å². The van der Waals surface area contributed by atoms with Gasteiger partial charge in [-0.05, 0) is 31.2 Å². The highest BCUT2D eigenvalue weighted by molar-refractivity contribution is 5.97. The number of rotatable bonds is 27. The third-order valence-electron chi connectivity index (χ3n) is 8.56. The average Bonchev–Trinajstić information content (AvgIpc) is 3.19. The van der Waals surface area contributed by atoms with Gasteiger partial charge >= 0.3 is 11.9 Å². The molecule has 24 nitrogen and oxygen atoms in total. The number of carboxylic acids is 2. The molecule has 0 spiro atoms. The van der Waals surface area contributed by atoms with Gasteiger partial charge in [-0.1, -0.05) is 44.2 Å². The molecule has 1 aromatic carbocycles. The van der Waals surface area contributed by atoms with Crippen LogP contribution < -0.4 is 43.0 Å². The van der Waals surface area contributed by atoms with Gasteiger partial charge < -0.3 is 78.7 Å². The summed E-state index contributed by atoms with van der Waals surface area (Å²) in [6.45, 7) is 0.410. The van der Waals surface area contributed by atoms with Crippen LogP contribution in [-0.2, 0) is 49.6 Å². The van der Waals surface area contributed by atoms with Crippen LogP contribution in [0.1, 0.15) is 45.6 Å². The second-order valence-electron chi connectivity index (χ2n) is 14.0. The fourth-order valence-electron chi connectivity index (χ4n) is 5.25. The van der Waals surface area contributed by atoms with Crippen LogP contribution in [-0.4, -0.2) is 170 Å². The Balaban J connectivity index is 3.21. The van der Waals surface area contributed by atoms with Crippen molar-refractivity contribution in [2.45, 2.75) is 101 Å². The number of aliphatic hydroxyl groups is 5. The quantitative estimate of drug-likeness (QED) is 0.0391. The number of carbonyl (C=O) groups is 9. The maximum Gasteiger partial charge on any atom is 0.328 e. The van der Waals surface area contributed by atoms with Gasteiger partial charge in [-0.2, -0.15) is 0 Å². The monoisotopic (exact) mass is 856 g/mol. The number of amides is 7. The zero-order chi connectivity index (χ0) is 45.7. The molecule has 9 atom stereocenters. The van der Waals surface area contributed by atoms with Crippen LogP contribution >= 0.6 is 0 Å². The summed E-state index contributed by atoms with van der Waals surface area (Å²) in [5.74, 6) is -11.1. The van der Waals surface area contributed by atoms with Crippen molar-refractivity contribution in [3.8, 4) is 0 Å². The summed E-state index contributed by atoms with van der Waals surface area (Å²) in [7, 11) is 0. The Labute approximate surface area is 344 Å². The first-order chi connectivity index (χ1) is 28.2. The van der Waals surface area contributed by atoms with E-state index in [9.17, 15) is 78.9 Å². The number of nitrogens with one attached hydrogen (secondary N) is 7. The maximum atomic E-state index is 13.5. The topological polar surface area (TPSA) is 405 Å². The Morgan fingerprint density at radius 3 is 1.37 bits per heavy atom. The van der Waals surface area contributed by atoms with E-state index in [1.165, 1.54) is 0 Å². The van der Waals surface area contributed by atoms with Crippen molar-refractivity contribution in [2.24, 2.45) is 11.7 Å². The number of carboxylic acid groups (broad SMARTS) is 2. The minimum atomic E-state index is -1.87. The summed E-state index contributed by atoms with van der Waals surface area (Å²) in [5.41, 5.74) is 6.13. The van der Waals surface area contributed by atoms with E-state index < -0.39 is 147 Å². The van der Waals surface area contributed by atoms with E-state index in [0.29, 0.717) is 5.56 Å². The number of hydrogen-bond acceptors (Lipinski definition) is 15. The van der Waals surface area contributed by atoms with Crippen molar-refractivity contribution in [1.82, 2.24) is 37.2 Å². The Morgan fingerprint density at radius 2 is 0.950 bits per heavy atom. The first-order valence-electron chi connectivity index (χ1n) is 18.7. The van der Waals surface area contributed by atoms with Gasteiger partial charge in [0.05, 0.1) is 32.5 Å². The Bertz CT molecular complexity index is 1630. The predicted molar refractivity (Wildman–Crippen MR) is 206 cm³/mol. The smallest absolute Gasteiger partial charge is 0.328 e. The molecule has 1 rings (SSSR count). The van der Waals surface area contributed by atoms with Crippen LogP contribution in [0, 0.1) is 5.92 Å². The van der Waals surface area contributed by atoms with E-state index in [1.807, 2.05) is 5.32 Å². The highest BCUT2D eigenvalue weighted by Gasteiger charge is 2.35. The fourth-order valence-corrected chi connectivity index (χ4v) is 5.25. The van der Waals surface area contributed by atoms with E-state index in [1.54, 1.807) is 44.2 Å². The van der Waals surface area contributed by atoms with Gasteiger partial charge in [0.25, 0.3) is 0 Å². The molecule has 336 valence electrons. The van der Waals surface area contributed by atoms with Crippen molar-refractivity contribution < 1.29 is 78.9 Å². The molecule has 0 fully saturated rings. The van der Waals surface area contributed by atoms with Crippen LogP contribution in [0.15, 0.2) is 30.3 Å². The summed E-state index contributed by atoms with van der Waals surface area (Å²) in [5, 5.41) is 82.6. The SMILES string of the molecule is CC(C)C[C@H](NC(=O)[C@H](CCC(=O)O)NC(=O)[C@H](CO)NC(=O)[C@H](CO)NC(=O)[C@H](Cc1ccccc1)NC(=O)[C@@H](N)CO)C(=O)N[C@@H](CO)C(=O)N[C@H](C(=O)O)[C@@H](C)O. The number of aliphatic hydroxyl groups excluding tert-OH is 5. The van der Waals surface area contributed by atoms with Gasteiger partial charge in [0.15, 0.2) is 6.04 Å². The van der Waals surface area contributed by atoms with Gasteiger partial charge in [-0.3, -0.25) is 38.4 Å². The molecule has 0 aliphatic heterocycles. The number of aliphatic carboxylic acids is 2. The number of benzene rings is 1. The molecule has 0 saturated heterocycles. The van der Waals surface area contributed by atoms with Gasteiger partial charge in [0, 0.05) is 12.8 Å². The molecule has 7 amide bonds. The third kappa shape index (κ3) is 18.0. The zero-order valence-electron chi connectivity index (χ0n) is 33.2. The van der Waals surface area contributed by atoms with Crippen molar-refractivity contribution in [3.63, 3.8) is 0 Å². The molecule has 0 aromatic heterocycles. The number of hydrogen-bond donors (Lipinski definition) is 15. The molecular formula is C36H56N8O16. The molecular weight excluding hydrogens is 800 g/mol. The van der Waals surface area contributed by atoms with Crippen molar-refractivity contribution in [3.05, 3.63) is 35.9 Å². The third-order valence-corrected chi connectivity index (χ3v) is 8.56. The summed E-state index contributed by atoms with van der Waals surface area (Å²) in [4.78, 5) is 115. The van der Waals surface area contributed by atoms with E-state index in [0.717, 1.165) is 6.92 Å². The lowest BCUT2D eigenvalue weighted by molar-refractivity contribution is -0.145. The molecule has 0 unspecified atom stereocenters. The standard InChI is InChI=1S/C36H56N8O16/c1-17(2)11-22(31(54)42-26(16-48)35(58)44-28(18(3)49)36(59)60)40-30(53)21(9-10-27(50)51)38-33(56)24(14-46)43-34(57)25(15-47)41-32(55)23(39-29(52)20(37)13-45)12-19-7-5-4-6-8-19/h4-8,17-18,20-26,28,45-49H,9-16,37H2,1-3H3,(H,38,56)(H,39,52)(H,40,53)(H,41,55)(H,42,54)(H,43,57)(H,44,58)(H,50,51)(H,59,60)/t18-,20+,21+,22+,23+,24+,25+,26+,28+/m1/s1. The molecule has 0 radical (unpaired) electrons. The van der Waals surface area contributed by atoms with Crippen LogP contribution in [0.4, 0.5) is 0 Å². The normalized spacial score (nSPS) is 15.6. The lowest BCUT2D eigenvalue weighted by atomic mass is 10.0. The van der Waals surface area contributed by atoms with E-state index >= 15 is 0 Å². The molecule has 60 heavy (non-hydrogen) atoms. The van der Waals surface area contributed by atoms with Crippen LogP contribution in [0.25, 0.3) is 0 Å². The van der Waals surface area contributed by atoms with Gasteiger partial charge in [0.1, 0.15) is 42.3 Å². The molecule has 24 heteroatoms. The lowest BCUT2D eigenvalue weighted by Gasteiger charge is -2.27. The van der Waals surface area contributed by atoms with Crippen LogP contribution in [0.5, 0.6) is 0 Å². The molecule has 0 aliphatic rings. The second-order valence-corrected chi connectivity index (χ2v) is 14.0. The number of nitrogens with two attached hydrogens (primary N) is 1. The average molecular weight is 857 g/mol. The molecule has 0 heterocycles. The van der Waals surface area contributed by atoms with Crippen molar-refractivity contribution in [2.75, 3.05) is 26.4 Å². The van der Waals surface area contributed by atoms with Gasteiger partial charge in [-0.25, -0.2) is 4.79 Å². The highest BCUT2D eigenvalue weighted by Crippen LogP contribution is 2.09. The fraction of sp³-hybridized carbons (Fsp3) is 0.583. The van der Waals surface area contributed by atoms with Crippen molar-refractivity contribution in [1.29, 1.82) is 0 Å². The minimum absolute atomic E-state index is 0.115. The lowest BCUT2D eigenvalue weighted by Crippen LogP contribution is -2.61. The minimum Gasteiger partial charge on any atom is -0.481 e. The Hall–Kier alpha value is -5.79. The molecule has 0 saturated carbocycles. The number of carbonyl (C=O) groups excluding carboxylic acids is 7. The van der Waals surface area contributed by atoms with E-state index in [-0.39, 0.29) is 18.8 Å². The molecule has 1 aromatic rings. The summed E-state index contributed by atoms with van der Waals surface area (Å²) in [6, 6.07) is -4.93. The maximum absolute atomic E-state index is 13.5. The Kier molecular flexibility index (Phi) is 22.9. The highest BCUT2D eigenvalue weighted by atomic mass is 16.4. The Morgan fingerprint density at radius 1 is 0.550 bits per heavy atom. The largest absolute Gasteiger partial charge is 0.481 e. The van der Waals surface area contributed by atoms with Crippen molar-refractivity contribution >= 4 is 53.3 Å². The summed E-state index contributed by atoms with van der Waals surface area (Å²) >= 11 is 0. The molecule has 0 aliphatic carbocycles. The molecule has 16 N–H and O–H groups in total.